The van der Waals surface area contributed by atoms with Crippen LogP contribution in [-0.4, -0.2) is 24.3 Å². The highest BCUT2D eigenvalue weighted by atomic mass is 79.9. The first-order valence-corrected chi connectivity index (χ1v) is 6.23. The maximum atomic E-state index is 9.57. The van der Waals surface area contributed by atoms with Gasteiger partial charge in [0.05, 0.1) is 6.10 Å². The molecule has 1 aliphatic heterocycles. The maximum absolute atomic E-state index is 9.57. The lowest BCUT2D eigenvalue weighted by molar-refractivity contribution is 0.161. The van der Waals surface area contributed by atoms with E-state index in [1.807, 2.05) is 6.07 Å². The number of hydrogen-bond donors (Lipinski definition) is 1. The van der Waals surface area contributed by atoms with E-state index in [-0.39, 0.29) is 6.10 Å². The summed E-state index contributed by atoms with van der Waals surface area (Å²) in [6.45, 7) is 2.01. The third-order valence-corrected chi connectivity index (χ3v) is 3.36. The van der Waals surface area contributed by atoms with E-state index in [1.165, 1.54) is 5.69 Å². The van der Waals surface area contributed by atoms with Crippen LogP contribution in [-0.2, 0) is 0 Å². The molecule has 0 aliphatic carbocycles. The maximum Gasteiger partial charge on any atom is 0.0557 e. The van der Waals surface area contributed by atoms with Crippen molar-refractivity contribution in [2.45, 2.75) is 25.4 Å². The lowest BCUT2D eigenvalue weighted by Crippen LogP contribution is -2.24. The Morgan fingerprint density at radius 1 is 1.27 bits per heavy atom. The van der Waals surface area contributed by atoms with Gasteiger partial charge in [-0.3, -0.25) is 0 Å². The fourth-order valence-electron chi connectivity index (χ4n) is 2.01. The van der Waals surface area contributed by atoms with E-state index in [2.05, 4.69) is 39.0 Å². The molecule has 1 fully saturated rings. The molecule has 2 nitrogen and oxygen atoms in total. The number of halogens is 1. The summed E-state index contributed by atoms with van der Waals surface area (Å²) in [4.78, 5) is 2.35. The third-order valence-electron chi connectivity index (χ3n) is 2.87. The van der Waals surface area contributed by atoms with E-state index in [0.29, 0.717) is 0 Å². The lowest BCUT2D eigenvalue weighted by Gasteiger charge is -2.22. The standard InChI is InChI=1S/C12H16BrNO/c13-10-3-1-4-11(9-10)14-7-2-5-12(15)6-8-14/h1,3-4,9,12,15H,2,5-8H2. The van der Waals surface area contributed by atoms with E-state index in [1.54, 1.807) is 0 Å². The molecular formula is C12H16BrNO. The molecule has 82 valence electrons. The van der Waals surface area contributed by atoms with Gasteiger partial charge in [-0.15, -0.1) is 0 Å². The van der Waals surface area contributed by atoms with Crippen LogP contribution >= 0.6 is 15.9 Å². The topological polar surface area (TPSA) is 23.5 Å². The number of anilines is 1. The van der Waals surface area contributed by atoms with Crippen LogP contribution in [0, 0.1) is 0 Å². The minimum absolute atomic E-state index is 0.109. The molecule has 0 spiro atoms. The van der Waals surface area contributed by atoms with E-state index >= 15 is 0 Å². The highest BCUT2D eigenvalue weighted by Crippen LogP contribution is 2.22. The molecular weight excluding hydrogens is 254 g/mol. The molecule has 0 bridgehead atoms. The molecule has 2 rings (SSSR count). The molecule has 0 saturated carbocycles. The second-order valence-corrected chi connectivity index (χ2v) is 4.97. The fourth-order valence-corrected chi connectivity index (χ4v) is 2.40. The predicted molar refractivity (Wildman–Crippen MR) is 66.2 cm³/mol. The van der Waals surface area contributed by atoms with Gasteiger partial charge >= 0.3 is 0 Å². The van der Waals surface area contributed by atoms with Crippen molar-refractivity contribution in [3.05, 3.63) is 28.7 Å². The van der Waals surface area contributed by atoms with Crippen molar-refractivity contribution in [1.82, 2.24) is 0 Å². The zero-order chi connectivity index (χ0) is 10.7. The van der Waals surface area contributed by atoms with Crippen molar-refractivity contribution in [2.24, 2.45) is 0 Å². The first-order chi connectivity index (χ1) is 7.25. The Hall–Kier alpha value is -0.540. The average molecular weight is 270 g/mol. The van der Waals surface area contributed by atoms with Gasteiger partial charge in [-0.1, -0.05) is 22.0 Å². The van der Waals surface area contributed by atoms with Gasteiger partial charge < -0.3 is 10.0 Å². The normalized spacial score (nSPS) is 22.5. The van der Waals surface area contributed by atoms with Crippen LogP contribution in [0.3, 0.4) is 0 Å². The molecule has 1 aromatic rings. The predicted octanol–water partition coefficient (Wildman–Crippen LogP) is 2.80. The summed E-state index contributed by atoms with van der Waals surface area (Å²) >= 11 is 3.48. The van der Waals surface area contributed by atoms with Gasteiger partial charge in [0.2, 0.25) is 0 Å². The second-order valence-electron chi connectivity index (χ2n) is 4.05. The van der Waals surface area contributed by atoms with Gasteiger partial charge in [0.1, 0.15) is 0 Å². The number of aliphatic hydroxyl groups is 1. The molecule has 3 heteroatoms. The third kappa shape index (κ3) is 2.95. The Morgan fingerprint density at radius 2 is 2.13 bits per heavy atom. The van der Waals surface area contributed by atoms with E-state index in [0.717, 1.165) is 36.8 Å². The fraction of sp³-hybridized carbons (Fsp3) is 0.500. The molecule has 0 amide bonds. The quantitative estimate of drug-likeness (QED) is 0.848. The van der Waals surface area contributed by atoms with Gasteiger partial charge in [0.15, 0.2) is 0 Å². The first kappa shape index (κ1) is 11.0. The summed E-state index contributed by atoms with van der Waals surface area (Å²) in [6, 6.07) is 8.36. The van der Waals surface area contributed by atoms with Gasteiger partial charge in [-0.2, -0.15) is 0 Å². The smallest absolute Gasteiger partial charge is 0.0557 e. The summed E-state index contributed by atoms with van der Waals surface area (Å²) in [5, 5.41) is 9.57. The largest absolute Gasteiger partial charge is 0.393 e. The zero-order valence-electron chi connectivity index (χ0n) is 8.69. The number of benzene rings is 1. The van der Waals surface area contributed by atoms with Crippen molar-refractivity contribution in [3.63, 3.8) is 0 Å². The summed E-state index contributed by atoms with van der Waals surface area (Å²) in [6.07, 6.45) is 2.78. The van der Waals surface area contributed by atoms with Crippen LogP contribution in [0.5, 0.6) is 0 Å². The van der Waals surface area contributed by atoms with E-state index in [9.17, 15) is 5.11 Å². The van der Waals surface area contributed by atoms with Crippen molar-refractivity contribution < 1.29 is 5.11 Å². The van der Waals surface area contributed by atoms with Crippen molar-refractivity contribution in [1.29, 1.82) is 0 Å². The molecule has 1 aliphatic rings. The molecule has 15 heavy (non-hydrogen) atoms. The summed E-state index contributed by atoms with van der Waals surface area (Å²) in [7, 11) is 0. The highest BCUT2D eigenvalue weighted by Gasteiger charge is 2.14. The van der Waals surface area contributed by atoms with Crippen LogP contribution < -0.4 is 4.90 Å². The molecule has 0 aromatic heterocycles. The highest BCUT2D eigenvalue weighted by molar-refractivity contribution is 9.10. The Balaban J connectivity index is 2.09. The minimum Gasteiger partial charge on any atom is -0.393 e. The molecule has 1 aromatic carbocycles. The van der Waals surface area contributed by atoms with Crippen LogP contribution in [0.4, 0.5) is 5.69 Å². The second kappa shape index (κ2) is 4.99. The van der Waals surface area contributed by atoms with Gasteiger partial charge in [0.25, 0.3) is 0 Å². The van der Waals surface area contributed by atoms with Crippen LogP contribution in [0.25, 0.3) is 0 Å². The first-order valence-electron chi connectivity index (χ1n) is 5.44. The van der Waals surface area contributed by atoms with Crippen LogP contribution in [0.2, 0.25) is 0 Å². The SMILES string of the molecule is OC1CCCN(c2cccc(Br)c2)CC1. The van der Waals surface area contributed by atoms with E-state index in [4.69, 9.17) is 0 Å². The Labute approximate surface area is 99.0 Å². The molecule has 1 unspecified atom stereocenters. The monoisotopic (exact) mass is 269 g/mol. The van der Waals surface area contributed by atoms with Gasteiger partial charge in [-0.25, -0.2) is 0 Å². The van der Waals surface area contributed by atoms with Gasteiger partial charge in [-0.05, 0) is 37.5 Å². The average Bonchev–Trinajstić information content (AvgIpc) is 2.43. The lowest BCUT2D eigenvalue weighted by atomic mass is 10.2. The van der Waals surface area contributed by atoms with Crippen molar-refractivity contribution >= 4 is 21.6 Å². The Morgan fingerprint density at radius 3 is 2.93 bits per heavy atom. The van der Waals surface area contributed by atoms with Crippen molar-refractivity contribution in [2.75, 3.05) is 18.0 Å². The molecule has 1 atom stereocenters. The Kier molecular flexibility index (Phi) is 3.65. The minimum atomic E-state index is -0.109. The summed E-state index contributed by atoms with van der Waals surface area (Å²) in [5.41, 5.74) is 1.25. The zero-order valence-corrected chi connectivity index (χ0v) is 10.3. The molecule has 1 heterocycles. The Bertz CT molecular complexity index is 329. The summed E-state index contributed by atoms with van der Waals surface area (Å²) in [5.74, 6) is 0. The van der Waals surface area contributed by atoms with Crippen LogP contribution in [0.1, 0.15) is 19.3 Å². The van der Waals surface area contributed by atoms with Gasteiger partial charge in [0, 0.05) is 23.2 Å². The number of aliphatic hydroxyl groups excluding tert-OH is 1. The van der Waals surface area contributed by atoms with Crippen LogP contribution in [0.15, 0.2) is 28.7 Å². The van der Waals surface area contributed by atoms with E-state index < -0.39 is 0 Å². The molecule has 1 N–H and O–H groups in total. The molecule has 0 radical (unpaired) electrons. The molecule has 1 saturated heterocycles. The number of nitrogens with zero attached hydrogens (tertiary/aromatic N) is 1. The summed E-state index contributed by atoms with van der Waals surface area (Å²) < 4.78 is 1.12. The number of hydrogen-bond acceptors (Lipinski definition) is 2. The van der Waals surface area contributed by atoms with Crippen molar-refractivity contribution in [3.8, 4) is 0 Å². The number of rotatable bonds is 1.